The van der Waals surface area contributed by atoms with Crippen LogP contribution in [-0.4, -0.2) is 50.7 Å². The van der Waals surface area contributed by atoms with Gasteiger partial charge < -0.3 is 14.8 Å². The molecular formula is C22H28N2O3. The number of nitrogens with zero attached hydrogens (tertiary/aromatic N) is 1. The molecule has 0 aliphatic carbocycles. The van der Waals surface area contributed by atoms with Crippen molar-refractivity contribution in [1.82, 2.24) is 10.2 Å². The molecule has 0 saturated carbocycles. The van der Waals surface area contributed by atoms with E-state index in [0.29, 0.717) is 13.0 Å². The van der Waals surface area contributed by atoms with E-state index in [-0.39, 0.29) is 12.0 Å². The number of carbonyl (C=O) groups is 1. The van der Waals surface area contributed by atoms with Crippen LogP contribution < -0.4 is 10.1 Å². The molecule has 0 radical (unpaired) electrons. The van der Waals surface area contributed by atoms with Gasteiger partial charge in [0.25, 0.3) is 0 Å². The van der Waals surface area contributed by atoms with Gasteiger partial charge in [0.1, 0.15) is 5.75 Å². The Balaban J connectivity index is 1.35. The zero-order valence-electron chi connectivity index (χ0n) is 15.9. The van der Waals surface area contributed by atoms with Crippen LogP contribution in [0, 0.1) is 0 Å². The lowest BCUT2D eigenvalue weighted by Crippen LogP contribution is -2.40. The third-order valence-electron chi connectivity index (χ3n) is 4.82. The fourth-order valence-corrected chi connectivity index (χ4v) is 3.30. The summed E-state index contributed by atoms with van der Waals surface area (Å²) in [6.45, 7) is 4.27. The number of methoxy groups -OCH3 is 1. The largest absolute Gasteiger partial charge is 0.497 e. The van der Waals surface area contributed by atoms with Crippen molar-refractivity contribution in [3.63, 3.8) is 0 Å². The van der Waals surface area contributed by atoms with E-state index in [9.17, 15) is 4.79 Å². The Hall–Kier alpha value is -2.37. The fraction of sp³-hybridized carbons (Fsp3) is 0.409. The van der Waals surface area contributed by atoms with Gasteiger partial charge >= 0.3 is 0 Å². The summed E-state index contributed by atoms with van der Waals surface area (Å²) in [5, 5.41) is 3.01. The van der Waals surface area contributed by atoms with Gasteiger partial charge in [0.15, 0.2) is 0 Å². The molecule has 1 aliphatic heterocycles. The van der Waals surface area contributed by atoms with Crippen LogP contribution in [0.15, 0.2) is 54.6 Å². The number of benzene rings is 2. The van der Waals surface area contributed by atoms with Crippen molar-refractivity contribution in [2.45, 2.75) is 18.9 Å². The standard InChI is InChI=1S/C22H28N2O3/c1-26-20-10-8-18(9-11-20)16-22(25)23-12-5-13-24-14-15-27-21(17-24)19-6-3-2-4-7-19/h2-4,6-11,21H,5,12-17H2,1H3,(H,23,25)/t21-/m1/s1. The molecule has 1 atom stereocenters. The van der Waals surface area contributed by atoms with Crippen molar-refractivity contribution >= 4 is 5.91 Å². The third-order valence-corrected chi connectivity index (χ3v) is 4.82. The Labute approximate surface area is 161 Å². The molecule has 1 N–H and O–H groups in total. The Morgan fingerprint density at radius 2 is 1.96 bits per heavy atom. The van der Waals surface area contributed by atoms with Crippen LogP contribution in [0.1, 0.15) is 23.7 Å². The van der Waals surface area contributed by atoms with Gasteiger partial charge in [-0.1, -0.05) is 42.5 Å². The quantitative estimate of drug-likeness (QED) is 0.728. The summed E-state index contributed by atoms with van der Waals surface area (Å²) in [5.74, 6) is 0.864. The maximum absolute atomic E-state index is 12.1. The van der Waals surface area contributed by atoms with Gasteiger partial charge in [0, 0.05) is 26.2 Å². The highest BCUT2D eigenvalue weighted by molar-refractivity contribution is 5.78. The Bertz CT molecular complexity index is 703. The minimum atomic E-state index is 0.0595. The predicted octanol–water partition coefficient (Wildman–Crippen LogP) is 2.82. The predicted molar refractivity (Wildman–Crippen MR) is 106 cm³/mol. The molecule has 0 bridgehead atoms. The molecule has 2 aromatic rings. The Kier molecular flexibility index (Phi) is 7.25. The first-order valence-electron chi connectivity index (χ1n) is 9.53. The molecule has 0 aromatic heterocycles. The SMILES string of the molecule is COc1ccc(CC(=O)NCCCN2CCO[C@@H](c3ccccc3)C2)cc1. The number of nitrogens with one attached hydrogen (secondary N) is 1. The van der Waals surface area contributed by atoms with E-state index in [0.717, 1.165) is 44.0 Å². The highest BCUT2D eigenvalue weighted by Gasteiger charge is 2.21. The summed E-state index contributed by atoms with van der Waals surface area (Å²) < 4.78 is 11.0. The molecule has 1 aliphatic rings. The van der Waals surface area contributed by atoms with Crippen molar-refractivity contribution < 1.29 is 14.3 Å². The maximum atomic E-state index is 12.1. The molecule has 0 spiro atoms. The Morgan fingerprint density at radius 1 is 1.19 bits per heavy atom. The summed E-state index contributed by atoms with van der Waals surface area (Å²) in [6.07, 6.45) is 1.48. The molecule has 1 saturated heterocycles. The number of amides is 1. The lowest BCUT2D eigenvalue weighted by molar-refractivity contribution is -0.120. The highest BCUT2D eigenvalue weighted by atomic mass is 16.5. The molecule has 2 aromatic carbocycles. The topological polar surface area (TPSA) is 50.8 Å². The lowest BCUT2D eigenvalue weighted by Gasteiger charge is -2.33. The van der Waals surface area contributed by atoms with Gasteiger partial charge in [-0.05, 0) is 29.7 Å². The van der Waals surface area contributed by atoms with E-state index in [1.54, 1.807) is 7.11 Å². The lowest BCUT2D eigenvalue weighted by atomic mass is 10.1. The monoisotopic (exact) mass is 368 g/mol. The molecule has 27 heavy (non-hydrogen) atoms. The second-order valence-corrected chi connectivity index (χ2v) is 6.80. The zero-order valence-corrected chi connectivity index (χ0v) is 15.9. The molecule has 5 heteroatoms. The molecule has 5 nitrogen and oxygen atoms in total. The first kappa shape index (κ1) is 19.4. The van der Waals surface area contributed by atoms with Crippen molar-refractivity contribution in [2.24, 2.45) is 0 Å². The first-order valence-corrected chi connectivity index (χ1v) is 9.53. The van der Waals surface area contributed by atoms with E-state index < -0.39 is 0 Å². The van der Waals surface area contributed by atoms with E-state index in [2.05, 4.69) is 34.5 Å². The fourth-order valence-electron chi connectivity index (χ4n) is 3.30. The van der Waals surface area contributed by atoms with E-state index in [1.165, 1.54) is 5.56 Å². The molecule has 0 unspecified atom stereocenters. The van der Waals surface area contributed by atoms with E-state index in [4.69, 9.17) is 9.47 Å². The molecule has 144 valence electrons. The summed E-state index contributed by atoms with van der Waals surface area (Å²) in [6, 6.07) is 18.0. The third kappa shape index (κ3) is 6.08. The van der Waals surface area contributed by atoms with Crippen molar-refractivity contribution in [1.29, 1.82) is 0 Å². The average molecular weight is 368 g/mol. The number of carbonyl (C=O) groups excluding carboxylic acids is 1. The van der Waals surface area contributed by atoms with Crippen LogP contribution in [0.5, 0.6) is 5.75 Å². The molecule has 3 rings (SSSR count). The van der Waals surface area contributed by atoms with Gasteiger partial charge in [0.2, 0.25) is 5.91 Å². The van der Waals surface area contributed by atoms with Crippen molar-refractivity contribution in [3.05, 3.63) is 65.7 Å². The highest BCUT2D eigenvalue weighted by Crippen LogP contribution is 2.21. The Morgan fingerprint density at radius 3 is 2.70 bits per heavy atom. The number of morpholine rings is 1. The van der Waals surface area contributed by atoms with E-state index >= 15 is 0 Å². The molecule has 1 fully saturated rings. The zero-order chi connectivity index (χ0) is 18.9. The van der Waals surface area contributed by atoms with Gasteiger partial charge in [-0.3, -0.25) is 9.69 Å². The van der Waals surface area contributed by atoms with Crippen molar-refractivity contribution in [3.8, 4) is 5.75 Å². The summed E-state index contributed by atoms with van der Waals surface area (Å²) >= 11 is 0. The van der Waals surface area contributed by atoms with Crippen LogP contribution in [-0.2, 0) is 16.0 Å². The summed E-state index contributed by atoms with van der Waals surface area (Å²) in [5.41, 5.74) is 2.22. The van der Waals surface area contributed by atoms with Crippen LogP contribution in [0.2, 0.25) is 0 Å². The number of hydrogen-bond donors (Lipinski definition) is 1. The van der Waals surface area contributed by atoms with E-state index in [1.807, 2.05) is 30.3 Å². The number of rotatable bonds is 8. The second kappa shape index (κ2) is 10.1. The van der Waals surface area contributed by atoms with Gasteiger partial charge in [-0.15, -0.1) is 0 Å². The average Bonchev–Trinajstić information content (AvgIpc) is 2.73. The van der Waals surface area contributed by atoms with Crippen LogP contribution in [0.4, 0.5) is 0 Å². The van der Waals surface area contributed by atoms with Crippen molar-refractivity contribution in [2.75, 3.05) is 39.9 Å². The van der Waals surface area contributed by atoms with Crippen LogP contribution >= 0.6 is 0 Å². The normalized spacial score (nSPS) is 17.4. The summed E-state index contributed by atoms with van der Waals surface area (Å²) in [7, 11) is 1.64. The summed E-state index contributed by atoms with van der Waals surface area (Å²) in [4.78, 5) is 14.5. The minimum absolute atomic E-state index is 0.0595. The first-order chi connectivity index (χ1) is 13.2. The van der Waals surface area contributed by atoms with Crippen LogP contribution in [0.25, 0.3) is 0 Å². The van der Waals surface area contributed by atoms with Gasteiger partial charge in [-0.25, -0.2) is 0 Å². The van der Waals surface area contributed by atoms with Crippen LogP contribution in [0.3, 0.4) is 0 Å². The number of ether oxygens (including phenoxy) is 2. The van der Waals surface area contributed by atoms with Gasteiger partial charge in [0.05, 0.1) is 26.2 Å². The smallest absolute Gasteiger partial charge is 0.224 e. The number of hydrogen-bond acceptors (Lipinski definition) is 4. The minimum Gasteiger partial charge on any atom is -0.497 e. The molecule has 1 heterocycles. The molecule has 1 amide bonds. The van der Waals surface area contributed by atoms with Gasteiger partial charge in [-0.2, -0.15) is 0 Å². The molecular weight excluding hydrogens is 340 g/mol. The second-order valence-electron chi connectivity index (χ2n) is 6.80. The maximum Gasteiger partial charge on any atom is 0.224 e.